The normalized spacial score (nSPS) is 20.2. The maximum absolute atomic E-state index is 12.7. The molecule has 2 unspecified atom stereocenters. The first kappa shape index (κ1) is 20.2. The minimum atomic E-state index is -0.527. The Bertz CT molecular complexity index is 597. The van der Waals surface area contributed by atoms with Crippen LogP contribution in [0, 0.1) is 16.0 Å². The van der Waals surface area contributed by atoms with E-state index in [1.54, 1.807) is 17.9 Å². The zero-order chi connectivity index (χ0) is 17.0. The molecular weight excluding hydrogens is 334 g/mol. The minimum Gasteiger partial charge on any atom is -0.487 e. The van der Waals surface area contributed by atoms with Gasteiger partial charge in [-0.05, 0) is 37.8 Å². The first-order valence-corrected chi connectivity index (χ1v) is 7.90. The van der Waals surface area contributed by atoms with Gasteiger partial charge in [-0.2, -0.15) is 0 Å². The smallest absolute Gasteiger partial charge is 0.311 e. The molecule has 8 heteroatoms. The zero-order valence-corrected chi connectivity index (χ0v) is 14.8. The number of halogens is 1. The molecule has 7 nitrogen and oxygen atoms in total. The number of carbonyl (C=O) groups is 1. The predicted molar refractivity (Wildman–Crippen MR) is 93.8 cm³/mol. The van der Waals surface area contributed by atoms with Gasteiger partial charge in [0.1, 0.15) is 0 Å². The van der Waals surface area contributed by atoms with Gasteiger partial charge in [-0.15, -0.1) is 12.4 Å². The van der Waals surface area contributed by atoms with Gasteiger partial charge in [-0.25, -0.2) is 0 Å². The summed E-state index contributed by atoms with van der Waals surface area (Å²) in [6.07, 6.45) is 1.78. The lowest BCUT2D eigenvalue weighted by atomic mass is 9.92. The number of rotatable bonds is 5. The van der Waals surface area contributed by atoms with E-state index in [0.717, 1.165) is 12.8 Å². The Hall–Kier alpha value is -1.86. The van der Waals surface area contributed by atoms with Gasteiger partial charge in [0.25, 0.3) is 5.91 Å². The van der Waals surface area contributed by atoms with Crippen LogP contribution in [0.4, 0.5) is 5.69 Å². The molecule has 2 N–H and O–H groups in total. The lowest BCUT2D eigenvalue weighted by Crippen LogP contribution is -2.49. The monoisotopic (exact) mass is 357 g/mol. The Morgan fingerprint density at radius 1 is 1.50 bits per heavy atom. The number of nitrogens with zero attached hydrogens (tertiary/aromatic N) is 2. The van der Waals surface area contributed by atoms with Crippen molar-refractivity contribution in [2.24, 2.45) is 11.7 Å². The summed E-state index contributed by atoms with van der Waals surface area (Å²) in [4.78, 5) is 25.1. The number of piperidine rings is 1. The molecule has 1 aliphatic heterocycles. The molecule has 1 heterocycles. The molecule has 2 atom stereocenters. The summed E-state index contributed by atoms with van der Waals surface area (Å²) in [5.41, 5.74) is 5.90. The van der Waals surface area contributed by atoms with E-state index in [2.05, 4.69) is 6.92 Å². The summed E-state index contributed by atoms with van der Waals surface area (Å²) >= 11 is 0. The molecule has 24 heavy (non-hydrogen) atoms. The number of hydrogen-bond acceptors (Lipinski definition) is 5. The number of amides is 1. The van der Waals surface area contributed by atoms with Gasteiger partial charge >= 0.3 is 5.69 Å². The first-order valence-electron chi connectivity index (χ1n) is 7.90. The van der Waals surface area contributed by atoms with Crippen molar-refractivity contribution in [2.75, 3.05) is 19.7 Å². The molecule has 1 aliphatic rings. The number of nitrogens with two attached hydrogens (primary N) is 1. The van der Waals surface area contributed by atoms with Crippen LogP contribution in [0.15, 0.2) is 18.2 Å². The highest BCUT2D eigenvalue weighted by molar-refractivity contribution is 5.95. The fourth-order valence-corrected chi connectivity index (χ4v) is 2.98. The molecule has 0 aliphatic carbocycles. The maximum atomic E-state index is 12.7. The molecule has 1 amide bonds. The van der Waals surface area contributed by atoms with Crippen molar-refractivity contribution in [2.45, 2.75) is 32.7 Å². The summed E-state index contributed by atoms with van der Waals surface area (Å²) in [6, 6.07) is 4.33. The molecular formula is C16H24ClN3O4. The van der Waals surface area contributed by atoms with Crippen LogP contribution in [0.1, 0.15) is 37.0 Å². The predicted octanol–water partition coefficient (Wildman–Crippen LogP) is 2.61. The first-order chi connectivity index (χ1) is 11.0. The molecule has 0 bridgehead atoms. The molecule has 0 radical (unpaired) electrons. The molecule has 134 valence electrons. The highest BCUT2D eigenvalue weighted by atomic mass is 35.5. The molecule has 1 saturated heterocycles. The topological polar surface area (TPSA) is 98.7 Å². The summed E-state index contributed by atoms with van der Waals surface area (Å²) in [6.45, 7) is 5.25. The van der Waals surface area contributed by atoms with Gasteiger partial charge < -0.3 is 15.4 Å². The van der Waals surface area contributed by atoms with Crippen LogP contribution in [0.2, 0.25) is 0 Å². The second kappa shape index (κ2) is 8.84. The minimum absolute atomic E-state index is 0. The number of benzene rings is 1. The quantitative estimate of drug-likeness (QED) is 0.645. The lowest BCUT2D eigenvalue weighted by molar-refractivity contribution is -0.385. The van der Waals surface area contributed by atoms with Crippen molar-refractivity contribution in [3.05, 3.63) is 33.9 Å². The SMILES string of the molecule is CCOc1ccc(C(=O)N2CCC(C)CC2CN)cc1[N+](=O)[O-].Cl. The van der Waals surface area contributed by atoms with Crippen LogP contribution in [0.3, 0.4) is 0 Å². The van der Waals surface area contributed by atoms with E-state index in [1.165, 1.54) is 12.1 Å². The highest BCUT2D eigenvalue weighted by Gasteiger charge is 2.30. The molecule has 1 aromatic rings. The fourth-order valence-electron chi connectivity index (χ4n) is 2.98. The van der Waals surface area contributed by atoms with Gasteiger partial charge in [0, 0.05) is 30.8 Å². The van der Waals surface area contributed by atoms with Crippen molar-refractivity contribution in [3.63, 3.8) is 0 Å². The summed E-state index contributed by atoms with van der Waals surface area (Å²) in [7, 11) is 0. The standard InChI is InChI=1S/C16H23N3O4.ClH/c1-3-23-15-5-4-12(9-14(15)19(21)22)16(20)18-7-6-11(2)8-13(18)10-17;/h4-5,9,11,13H,3,6-8,10,17H2,1-2H3;1H. The van der Waals surface area contributed by atoms with Gasteiger partial charge in [-0.1, -0.05) is 6.92 Å². The van der Waals surface area contributed by atoms with E-state index < -0.39 is 4.92 Å². The van der Waals surface area contributed by atoms with Crippen LogP contribution in [0.5, 0.6) is 5.75 Å². The largest absolute Gasteiger partial charge is 0.487 e. The summed E-state index contributed by atoms with van der Waals surface area (Å²) < 4.78 is 5.25. The average molecular weight is 358 g/mol. The molecule has 0 aromatic heterocycles. The summed E-state index contributed by atoms with van der Waals surface area (Å²) in [5, 5.41) is 11.2. The number of carbonyl (C=O) groups excluding carboxylic acids is 1. The van der Waals surface area contributed by atoms with Crippen molar-refractivity contribution in [1.29, 1.82) is 0 Å². The van der Waals surface area contributed by atoms with E-state index in [1.807, 2.05) is 0 Å². The molecule has 1 fully saturated rings. The van der Waals surface area contributed by atoms with Gasteiger partial charge in [0.05, 0.1) is 11.5 Å². The van der Waals surface area contributed by atoms with Crippen molar-refractivity contribution >= 4 is 24.0 Å². The lowest BCUT2D eigenvalue weighted by Gasteiger charge is -2.38. The second-order valence-electron chi connectivity index (χ2n) is 5.89. The van der Waals surface area contributed by atoms with Crippen molar-refractivity contribution < 1.29 is 14.5 Å². The Balaban J connectivity index is 0.00000288. The second-order valence-corrected chi connectivity index (χ2v) is 5.89. The highest BCUT2D eigenvalue weighted by Crippen LogP contribution is 2.30. The number of hydrogen-bond donors (Lipinski definition) is 1. The number of nitro groups is 1. The van der Waals surface area contributed by atoms with Gasteiger partial charge in [0.2, 0.25) is 0 Å². The zero-order valence-electron chi connectivity index (χ0n) is 13.9. The third kappa shape index (κ3) is 4.36. The third-order valence-electron chi connectivity index (χ3n) is 4.21. The molecule has 1 aromatic carbocycles. The Morgan fingerprint density at radius 2 is 2.21 bits per heavy atom. The van der Waals surface area contributed by atoms with E-state index in [4.69, 9.17) is 10.5 Å². The van der Waals surface area contributed by atoms with Crippen LogP contribution in [-0.4, -0.2) is 41.5 Å². The molecule has 0 saturated carbocycles. The van der Waals surface area contributed by atoms with E-state index in [-0.39, 0.29) is 35.8 Å². The number of likely N-dealkylation sites (tertiary alicyclic amines) is 1. The number of nitro benzene ring substituents is 1. The van der Waals surface area contributed by atoms with Gasteiger partial charge in [-0.3, -0.25) is 14.9 Å². The number of ether oxygens (including phenoxy) is 1. The van der Waals surface area contributed by atoms with Crippen molar-refractivity contribution in [3.8, 4) is 5.75 Å². The Morgan fingerprint density at radius 3 is 2.79 bits per heavy atom. The van der Waals surface area contributed by atoms with Crippen LogP contribution >= 0.6 is 12.4 Å². The fraction of sp³-hybridized carbons (Fsp3) is 0.562. The van der Waals surface area contributed by atoms with Crippen LogP contribution in [0.25, 0.3) is 0 Å². The Kier molecular flexibility index (Phi) is 7.44. The van der Waals surface area contributed by atoms with Crippen molar-refractivity contribution in [1.82, 2.24) is 4.90 Å². The molecule has 2 rings (SSSR count). The molecule has 0 spiro atoms. The van der Waals surface area contributed by atoms with Crippen LogP contribution in [-0.2, 0) is 0 Å². The average Bonchev–Trinajstić information content (AvgIpc) is 2.54. The van der Waals surface area contributed by atoms with E-state index >= 15 is 0 Å². The van der Waals surface area contributed by atoms with E-state index in [9.17, 15) is 14.9 Å². The summed E-state index contributed by atoms with van der Waals surface area (Å²) in [5.74, 6) is 0.498. The van der Waals surface area contributed by atoms with E-state index in [0.29, 0.717) is 31.2 Å². The maximum Gasteiger partial charge on any atom is 0.311 e. The van der Waals surface area contributed by atoms with Crippen LogP contribution < -0.4 is 10.5 Å². The third-order valence-corrected chi connectivity index (χ3v) is 4.21. The Labute approximate surface area is 147 Å². The van der Waals surface area contributed by atoms with Gasteiger partial charge in [0.15, 0.2) is 5.75 Å².